The van der Waals surface area contributed by atoms with E-state index < -0.39 is 0 Å². The Hall–Kier alpha value is -1.57. The van der Waals surface area contributed by atoms with E-state index >= 15 is 0 Å². The number of H-pyrrole nitrogens is 1. The number of aromatic nitrogens is 4. The zero-order valence-corrected chi connectivity index (χ0v) is 6.92. The summed E-state index contributed by atoms with van der Waals surface area (Å²) in [6, 6.07) is 0. The van der Waals surface area contributed by atoms with E-state index in [2.05, 4.69) is 31.0 Å². The van der Waals surface area contributed by atoms with Gasteiger partial charge in [0.1, 0.15) is 0 Å². The predicted octanol–water partition coefficient (Wildman–Crippen LogP) is -0.469. The van der Waals surface area contributed by atoms with Crippen molar-refractivity contribution < 1.29 is 4.74 Å². The standard InChI is InChI=1S/C5H9N7O/c1-3-13-4-2-12(1)11-8-5-6-9-10-7-5/h1-4H2,(H,6,7,9,10). The summed E-state index contributed by atoms with van der Waals surface area (Å²) in [5.74, 6) is 0.242. The second kappa shape index (κ2) is 3.90. The van der Waals surface area contributed by atoms with Gasteiger partial charge in [-0.3, -0.25) is 5.01 Å². The van der Waals surface area contributed by atoms with Crippen LogP contribution in [0.4, 0.5) is 5.95 Å². The third-order valence-electron chi connectivity index (χ3n) is 1.58. The van der Waals surface area contributed by atoms with E-state index in [1.165, 1.54) is 0 Å². The summed E-state index contributed by atoms with van der Waals surface area (Å²) >= 11 is 0. The molecule has 0 aromatic carbocycles. The van der Waals surface area contributed by atoms with Crippen molar-refractivity contribution in [2.24, 2.45) is 10.3 Å². The molecular formula is C5H9N7O. The maximum Gasteiger partial charge on any atom is 0.309 e. The second-order valence-electron chi connectivity index (χ2n) is 2.47. The molecule has 2 rings (SSSR count). The van der Waals surface area contributed by atoms with Crippen LogP contribution >= 0.6 is 0 Å². The predicted molar refractivity (Wildman–Crippen MR) is 41.1 cm³/mol. The van der Waals surface area contributed by atoms with E-state index in [4.69, 9.17) is 4.74 Å². The van der Waals surface area contributed by atoms with Gasteiger partial charge in [0.05, 0.1) is 26.3 Å². The fourth-order valence-electron chi connectivity index (χ4n) is 0.945. The minimum absolute atomic E-state index is 0.242. The van der Waals surface area contributed by atoms with Crippen molar-refractivity contribution >= 4 is 5.95 Å². The number of ether oxygens (including phenoxy) is 1. The molecule has 1 aromatic rings. The van der Waals surface area contributed by atoms with Crippen molar-refractivity contribution in [2.75, 3.05) is 26.3 Å². The molecule has 1 saturated heterocycles. The Morgan fingerprint density at radius 1 is 1.38 bits per heavy atom. The highest BCUT2D eigenvalue weighted by Crippen LogP contribution is 2.02. The smallest absolute Gasteiger partial charge is 0.309 e. The fourth-order valence-corrected chi connectivity index (χ4v) is 0.945. The first-order valence-electron chi connectivity index (χ1n) is 3.93. The summed E-state index contributed by atoms with van der Waals surface area (Å²) in [6.07, 6.45) is 0. The van der Waals surface area contributed by atoms with Gasteiger partial charge in [-0.15, -0.1) is 5.10 Å². The first-order valence-corrected chi connectivity index (χ1v) is 3.93. The summed E-state index contributed by atoms with van der Waals surface area (Å²) in [5.41, 5.74) is 0. The van der Waals surface area contributed by atoms with E-state index in [0.717, 1.165) is 13.1 Å². The second-order valence-corrected chi connectivity index (χ2v) is 2.47. The van der Waals surface area contributed by atoms with Gasteiger partial charge < -0.3 is 4.74 Å². The molecule has 8 nitrogen and oxygen atoms in total. The Morgan fingerprint density at radius 3 is 2.92 bits per heavy atom. The molecule has 0 radical (unpaired) electrons. The summed E-state index contributed by atoms with van der Waals surface area (Å²) in [4.78, 5) is 0. The molecule has 0 saturated carbocycles. The minimum Gasteiger partial charge on any atom is -0.378 e. The third-order valence-corrected chi connectivity index (χ3v) is 1.58. The number of aromatic amines is 1. The van der Waals surface area contributed by atoms with Crippen LogP contribution in [0.2, 0.25) is 0 Å². The molecule has 1 aromatic heterocycles. The molecule has 0 amide bonds. The molecule has 0 atom stereocenters. The number of nitrogens with one attached hydrogen (secondary N) is 1. The van der Waals surface area contributed by atoms with Crippen LogP contribution in [0, 0.1) is 0 Å². The number of nitrogens with zero attached hydrogens (tertiary/aromatic N) is 6. The summed E-state index contributed by atoms with van der Waals surface area (Å²) in [6.45, 7) is 2.87. The molecule has 0 aliphatic carbocycles. The topological polar surface area (TPSA) is 91.7 Å². The van der Waals surface area contributed by atoms with Gasteiger partial charge in [0, 0.05) is 0 Å². The molecule has 8 heteroatoms. The van der Waals surface area contributed by atoms with Crippen molar-refractivity contribution in [2.45, 2.75) is 0 Å². The highest BCUT2D eigenvalue weighted by molar-refractivity contribution is 5.03. The zero-order chi connectivity index (χ0) is 8.93. The van der Waals surface area contributed by atoms with E-state index in [1.807, 2.05) is 0 Å². The SMILES string of the molecule is C1CN(N=Nc2nn[nH]n2)CCO1. The van der Waals surface area contributed by atoms with Crippen LogP contribution < -0.4 is 0 Å². The molecule has 70 valence electrons. The average molecular weight is 183 g/mol. The van der Waals surface area contributed by atoms with Crippen molar-refractivity contribution in [3.63, 3.8) is 0 Å². The molecule has 2 heterocycles. The van der Waals surface area contributed by atoms with Gasteiger partial charge in [-0.2, -0.15) is 5.21 Å². The third kappa shape index (κ3) is 2.18. The molecule has 0 spiro atoms. The van der Waals surface area contributed by atoms with Crippen LogP contribution in [0.25, 0.3) is 0 Å². The largest absolute Gasteiger partial charge is 0.378 e. The zero-order valence-electron chi connectivity index (χ0n) is 6.92. The van der Waals surface area contributed by atoms with Gasteiger partial charge >= 0.3 is 5.95 Å². The van der Waals surface area contributed by atoms with Crippen molar-refractivity contribution in [3.8, 4) is 0 Å². The first-order chi connectivity index (χ1) is 6.45. The van der Waals surface area contributed by atoms with Crippen LogP contribution in [0.1, 0.15) is 0 Å². The van der Waals surface area contributed by atoms with Crippen molar-refractivity contribution in [1.82, 2.24) is 25.6 Å². The lowest BCUT2D eigenvalue weighted by Crippen LogP contribution is -2.31. The lowest BCUT2D eigenvalue weighted by molar-refractivity contribution is 0.0353. The summed E-state index contributed by atoms with van der Waals surface area (Å²) < 4.78 is 5.14. The lowest BCUT2D eigenvalue weighted by atomic mass is 10.5. The Bertz CT molecular complexity index is 264. The van der Waals surface area contributed by atoms with Crippen molar-refractivity contribution in [1.29, 1.82) is 0 Å². The Kier molecular flexibility index (Phi) is 2.41. The van der Waals surface area contributed by atoms with Gasteiger partial charge in [0.25, 0.3) is 0 Å². The molecule has 0 bridgehead atoms. The van der Waals surface area contributed by atoms with Crippen molar-refractivity contribution in [3.05, 3.63) is 0 Å². The number of tetrazole rings is 1. The number of hydrogen-bond acceptors (Lipinski definition) is 6. The lowest BCUT2D eigenvalue weighted by Gasteiger charge is -2.21. The minimum atomic E-state index is 0.242. The first kappa shape index (κ1) is 8.05. The van der Waals surface area contributed by atoms with E-state index in [0.29, 0.717) is 13.2 Å². The van der Waals surface area contributed by atoms with Crippen LogP contribution in [0.5, 0.6) is 0 Å². The summed E-state index contributed by atoms with van der Waals surface area (Å²) in [7, 11) is 0. The van der Waals surface area contributed by atoms with Gasteiger partial charge in [-0.05, 0) is 5.21 Å². The molecular weight excluding hydrogens is 174 g/mol. The van der Waals surface area contributed by atoms with E-state index in [-0.39, 0.29) is 5.95 Å². The Labute approximate surface area is 73.9 Å². The maximum atomic E-state index is 5.14. The number of hydrogen-bond donors (Lipinski definition) is 1. The Balaban J connectivity index is 1.89. The van der Waals surface area contributed by atoms with Crippen LogP contribution in [0.3, 0.4) is 0 Å². The number of morpholine rings is 1. The highest BCUT2D eigenvalue weighted by Gasteiger charge is 2.07. The monoisotopic (exact) mass is 183 g/mol. The molecule has 13 heavy (non-hydrogen) atoms. The number of rotatable bonds is 2. The average Bonchev–Trinajstić information content (AvgIpc) is 2.69. The molecule has 1 aliphatic heterocycles. The summed E-state index contributed by atoms with van der Waals surface area (Å²) in [5, 5.41) is 22.4. The fraction of sp³-hybridized carbons (Fsp3) is 0.800. The highest BCUT2D eigenvalue weighted by atomic mass is 16.5. The van der Waals surface area contributed by atoms with E-state index in [9.17, 15) is 0 Å². The molecule has 1 aliphatic rings. The normalized spacial score (nSPS) is 18.3. The van der Waals surface area contributed by atoms with Gasteiger partial charge in [0.2, 0.25) is 0 Å². The Morgan fingerprint density at radius 2 is 2.23 bits per heavy atom. The van der Waals surface area contributed by atoms with Crippen LogP contribution in [0.15, 0.2) is 10.3 Å². The molecule has 0 unspecified atom stereocenters. The van der Waals surface area contributed by atoms with Gasteiger partial charge in [-0.25, -0.2) is 0 Å². The molecule has 1 fully saturated rings. The van der Waals surface area contributed by atoms with E-state index in [1.54, 1.807) is 5.01 Å². The van der Waals surface area contributed by atoms with Gasteiger partial charge in [0.15, 0.2) is 0 Å². The van der Waals surface area contributed by atoms with Gasteiger partial charge in [-0.1, -0.05) is 15.4 Å². The van der Waals surface area contributed by atoms with Crippen LogP contribution in [-0.2, 0) is 4.74 Å². The van der Waals surface area contributed by atoms with Crippen LogP contribution in [-0.4, -0.2) is 51.9 Å². The molecule has 1 N–H and O–H groups in total. The quantitative estimate of drug-likeness (QED) is 0.626. The maximum absolute atomic E-state index is 5.14.